The smallest absolute Gasteiger partial charge is 0.260 e. The fraction of sp³-hybridized carbons (Fsp3) is 0.182. The molecule has 0 aromatic carbocycles. The van der Waals surface area contributed by atoms with Crippen LogP contribution in [0, 0.1) is 0 Å². The van der Waals surface area contributed by atoms with Crippen molar-refractivity contribution in [2.45, 2.75) is 6.42 Å². The van der Waals surface area contributed by atoms with E-state index in [1.807, 2.05) is 6.07 Å². The highest BCUT2D eigenvalue weighted by molar-refractivity contribution is 5.55. The average molecular weight is 216 g/mol. The van der Waals surface area contributed by atoms with Crippen LogP contribution in [-0.4, -0.2) is 21.5 Å². The van der Waals surface area contributed by atoms with Gasteiger partial charge in [-0.05, 0) is 18.7 Å². The minimum Gasteiger partial charge on any atom is -0.330 e. The van der Waals surface area contributed by atoms with Gasteiger partial charge in [0.1, 0.15) is 5.82 Å². The molecule has 0 aliphatic rings. The Labute approximate surface area is 92.4 Å². The third kappa shape index (κ3) is 2.14. The monoisotopic (exact) mass is 216 g/mol. The first-order valence-electron chi connectivity index (χ1n) is 5.01. The molecule has 0 amide bonds. The van der Waals surface area contributed by atoms with Crippen LogP contribution in [0.1, 0.15) is 5.82 Å². The van der Waals surface area contributed by atoms with E-state index in [0.717, 1.165) is 0 Å². The average Bonchev–Trinajstić information content (AvgIpc) is 2.31. The molecule has 0 atom stereocenters. The molecule has 0 aliphatic carbocycles. The van der Waals surface area contributed by atoms with Gasteiger partial charge in [-0.2, -0.15) is 0 Å². The number of hydrogen-bond acceptors (Lipinski definition) is 4. The Bertz CT molecular complexity index is 521. The minimum atomic E-state index is -0.183. The van der Waals surface area contributed by atoms with Crippen LogP contribution in [0.2, 0.25) is 0 Å². The number of H-pyrrole nitrogens is 1. The number of rotatable bonds is 3. The lowest BCUT2D eigenvalue weighted by Crippen LogP contribution is -2.16. The molecule has 0 spiro atoms. The molecule has 0 fully saturated rings. The van der Waals surface area contributed by atoms with Gasteiger partial charge in [0.2, 0.25) is 0 Å². The van der Waals surface area contributed by atoms with E-state index < -0.39 is 0 Å². The van der Waals surface area contributed by atoms with Gasteiger partial charge < -0.3 is 10.7 Å². The van der Waals surface area contributed by atoms with Crippen LogP contribution >= 0.6 is 0 Å². The Morgan fingerprint density at radius 1 is 1.31 bits per heavy atom. The number of aromatic nitrogens is 3. The van der Waals surface area contributed by atoms with Crippen LogP contribution < -0.4 is 11.3 Å². The highest BCUT2D eigenvalue weighted by atomic mass is 16.1. The van der Waals surface area contributed by atoms with Gasteiger partial charge in [-0.15, -0.1) is 0 Å². The zero-order valence-corrected chi connectivity index (χ0v) is 8.68. The predicted molar refractivity (Wildman–Crippen MR) is 60.8 cm³/mol. The van der Waals surface area contributed by atoms with Gasteiger partial charge in [0.05, 0.1) is 11.3 Å². The number of nitrogens with two attached hydrogens (primary N) is 1. The Hall–Kier alpha value is -2.01. The lowest BCUT2D eigenvalue weighted by molar-refractivity contribution is 0.857. The summed E-state index contributed by atoms with van der Waals surface area (Å²) in [5, 5.41) is 0. The van der Waals surface area contributed by atoms with Gasteiger partial charge in [0, 0.05) is 18.8 Å². The van der Waals surface area contributed by atoms with Crippen molar-refractivity contribution >= 4 is 0 Å². The number of nitrogens with one attached hydrogen (secondary N) is 1. The molecule has 5 nitrogen and oxygen atoms in total. The van der Waals surface area contributed by atoms with Crippen molar-refractivity contribution in [1.82, 2.24) is 15.0 Å². The molecule has 3 N–H and O–H groups in total. The summed E-state index contributed by atoms with van der Waals surface area (Å²) in [7, 11) is 0. The molecule has 16 heavy (non-hydrogen) atoms. The highest BCUT2D eigenvalue weighted by Crippen LogP contribution is 2.09. The zero-order valence-electron chi connectivity index (χ0n) is 8.68. The fourth-order valence-corrected chi connectivity index (χ4v) is 1.40. The second-order valence-electron chi connectivity index (χ2n) is 3.33. The molecule has 0 bridgehead atoms. The van der Waals surface area contributed by atoms with Crippen molar-refractivity contribution in [3.63, 3.8) is 0 Å². The first-order valence-corrected chi connectivity index (χ1v) is 5.01. The molecule has 2 aromatic rings. The Morgan fingerprint density at radius 3 is 2.81 bits per heavy atom. The van der Waals surface area contributed by atoms with E-state index in [4.69, 9.17) is 5.73 Å². The number of nitrogens with zero attached hydrogens (tertiary/aromatic N) is 2. The molecular formula is C11H12N4O. The summed E-state index contributed by atoms with van der Waals surface area (Å²) in [5.74, 6) is 0.604. The maximum absolute atomic E-state index is 11.7. The predicted octanol–water partition coefficient (Wildman–Crippen LogP) is 0.333. The summed E-state index contributed by atoms with van der Waals surface area (Å²) < 4.78 is 0. The Balaban J connectivity index is 2.41. The lowest BCUT2D eigenvalue weighted by atomic mass is 10.2. The van der Waals surface area contributed by atoms with Crippen molar-refractivity contribution in [2.24, 2.45) is 5.73 Å². The van der Waals surface area contributed by atoms with Crippen molar-refractivity contribution in [3.05, 3.63) is 46.8 Å². The molecule has 5 heteroatoms. The molecule has 0 aliphatic heterocycles. The van der Waals surface area contributed by atoms with Gasteiger partial charge in [0.25, 0.3) is 5.56 Å². The highest BCUT2D eigenvalue weighted by Gasteiger charge is 2.05. The van der Waals surface area contributed by atoms with E-state index in [1.54, 1.807) is 18.3 Å². The first-order chi connectivity index (χ1) is 7.81. The summed E-state index contributed by atoms with van der Waals surface area (Å²) in [5.41, 5.74) is 6.30. The van der Waals surface area contributed by atoms with Crippen LogP contribution in [0.3, 0.4) is 0 Å². The van der Waals surface area contributed by atoms with Gasteiger partial charge in [-0.1, -0.05) is 6.07 Å². The number of aromatic amines is 1. The van der Waals surface area contributed by atoms with Crippen molar-refractivity contribution in [2.75, 3.05) is 6.54 Å². The van der Waals surface area contributed by atoms with E-state index in [9.17, 15) is 4.79 Å². The summed E-state index contributed by atoms with van der Waals surface area (Å²) >= 11 is 0. The summed E-state index contributed by atoms with van der Waals surface area (Å²) in [4.78, 5) is 22.7. The van der Waals surface area contributed by atoms with E-state index in [0.29, 0.717) is 30.0 Å². The Kier molecular flexibility index (Phi) is 3.07. The van der Waals surface area contributed by atoms with E-state index in [-0.39, 0.29) is 5.56 Å². The summed E-state index contributed by atoms with van der Waals surface area (Å²) in [6.07, 6.45) is 3.74. The largest absolute Gasteiger partial charge is 0.330 e. The molecule has 2 heterocycles. The van der Waals surface area contributed by atoms with Gasteiger partial charge in [0.15, 0.2) is 0 Å². The minimum absolute atomic E-state index is 0.183. The van der Waals surface area contributed by atoms with Gasteiger partial charge in [-0.25, -0.2) is 4.98 Å². The maximum Gasteiger partial charge on any atom is 0.260 e. The normalized spacial score (nSPS) is 10.3. The SMILES string of the molecule is NCCc1ncc(-c2ccccn2)c(=O)[nH]1. The van der Waals surface area contributed by atoms with Crippen LogP contribution in [0.25, 0.3) is 11.3 Å². The van der Waals surface area contributed by atoms with E-state index in [2.05, 4.69) is 15.0 Å². The second kappa shape index (κ2) is 4.67. The standard InChI is InChI=1S/C11H12N4O/c12-5-4-10-14-7-8(11(16)15-10)9-3-1-2-6-13-9/h1-3,6-7H,4-5,12H2,(H,14,15,16). The van der Waals surface area contributed by atoms with Crippen LogP contribution in [0.4, 0.5) is 0 Å². The van der Waals surface area contributed by atoms with Crippen LogP contribution in [0.5, 0.6) is 0 Å². The molecule has 2 aromatic heterocycles. The van der Waals surface area contributed by atoms with Crippen LogP contribution in [0.15, 0.2) is 35.4 Å². The quantitative estimate of drug-likeness (QED) is 0.774. The third-order valence-corrected chi connectivity index (χ3v) is 2.17. The molecule has 82 valence electrons. The topological polar surface area (TPSA) is 84.7 Å². The van der Waals surface area contributed by atoms with E-state index in [1.165, 1.54) is 6.20 Å². The van der Waals surface area contributed by atoms with E-state index >= 15 is 0 Å². The maximum atomic E-state index is 11.7. The third-order valence-electron chi connectivity index (χ3n) is 2.17. The molecule has 0 saturated heterocycles. The number of hydrogen-bond donors (Lipinski definition) is 2. The molecule has 0 saturated carbocycles. The molecular weight excluding hydrogens is 204 g/mol. The number of pyridine rings is 1. The molecule has 2 rings (SSSR count). The summed E-state index contributed by atoms with van der Waals surface area (Å²) in [6, 6.07) is 5.40. The van der Waals surface area contributed by atoms with Gasteiger partial charge >= 0.3 is 0 Å². The van der Waals surface area contributed by atoms with Crippen molar-refractivity contribution in [3.8, 4) is 11.3 Å². The van der Waals surface area contributed by atoms with Crippen LogP contribution in [-0.2, 0) is 6.42 Å². The fourth-order valence-electron chi connectivity index (χ4n) is 1.40. The zero-order chi connectivity index (χ0) is 11.4. The van der Waals surface area contributed by atoms with Gasteiger partial charge in [-0.3, -0.25) is 9.78 Å². The first kappa shape index (κ1) is 10.5. The second-order valence-corrected chi connectivity index (χ2v) is 3.33. The molecule has 0 radical (unpaired) electrons. The van der Waals surface area contributed by atoms with Crippen molar-refractivity contribution < 1.29 is 0 Å². The van der Waals surface area contributed by atoms with Crippen molar-refractivity contribution in [1.29, 1.82) is 0 Å². The summed E-state index contributed by atoms with van der Waals surface area (Å²) in [6.45, 7) is 0.464. The Morgan fingerprint density at radius 2 is 2.19 bits per heavy atom. The lowest BCUT2D eigenvalue weighted by Gasteiger charge is -2.01. The molecule has 0 unspecified atom stereocenters.